The summed E-state index contributed by atoms with van der Waals surface area (Å²) in [6, 6.07) is 13.5. The van der Waals surface area contributed by atoms with Crippen molar-refractivity contribution in [3.05, 3.63) is 63.1 Å². The van der Waals surface area contributed by atoms with Crippen LogP contribution in [0.15, 0.2) is 57.0 Å². The zero-order valence-corrected chi connectivity index (χ0v) is 17.2. The van der Waals surface area contributed by atoms with Gasteiger partial charge in [-0.15, -0.1) is 5.10 Å². The number of benzene rings is 2. The molecule has 1 amide bonds. The van der Waals surface area contributed by atoms with Crippen molar-refractivity contribution in [3.8, 4) is 5.75 Å². The number of thioether (sulfide) groups is 1. The summed E-state index contributed by atoms with van der Waals surface area (Å²) in [6.45, 7) is 2.56. The summed E-state index contributed by atoms with van der Waals surface area (Å²) < 4.78 is 6.41. The fourth-order valence-corrected chi connectivity index (χ4v) is 3.79. The van der Waals surface area contributed by atoms with E-state index in [1.54, 1.807) is 5.01 Å². The minimum absolute atomic E-state index is 0.181. The summed E-state index contributed by atoms with van der Waals surface area (Å²) in [4.78, 5) is 17.7. The van der Waals surface area contributed by atoms with Gasteiger partial charge in [0.1, 0.15) is 11.4 Å². The third kappa shape index (κ3) is 3.35. The van der Waals surface area contributed by atoms with Crippen molar-refractivity contribution in [2.75, 3.05) is 12.9 Å². The molecule has 27 heavy (non-hydrogen) atoms. The highest BCUT2D eigenvalue weighted by atomic mass is 79.9. The van der Waals surface area contributed by atoms with Crippen molar-refractivity contribution in [2.45, 2.75) is 13.1 Å². The van der Waals surface area contributed by atoms with E-state index in [2.05, 4.69) is 26.3 Å². The van der Waals surface area contributed by atoms with E-state index in [-0.39, 0.29) is 5.91 Å². The summed E-state index contributed by atoms with van der Waals surface area (Å²) in [5.74, 6) is 0.620. The second kappa shape index (κ2) is 7.36. The van der Waals surface area contributed by atoms with E-state index in [1.807, 2.05) is 55.6 Å². The van der Waals surface area contributed by atoms with Crippen LogP contribution in [0.5, 0.6) is 5.75 Å². The quantitative estimate of drug-likeness (QED) is 0.788. The minimum Gasteiger partial charge on any atom is -0.494 e. The van der Waals surface area contributed by atoms with Gasteiger partial charge in [0.25, 0.3) is 5.91 Å². The van der Waals surface area contributed by atoms with Crippen molar-refractivity contribution >= 4 is 44.5 Å². The van der Waals surface area contributed by atoms with Gasteiger partial charge in [-0.2, -0.15) is 0 Å². The lowest BCUT2D eigenvalue weighted by Gasteiger charge is -2.34. The van der Waals surface area contributed by atoms with Crippen molar-refractivity contribution in [3.63, 3.8) is 0 Å². The van der Waals surface area contributed by atoms with Gasteiger partial charge in [0.05, 0.1) is 12.0 Å². The maximum atomic E-state index is 12.8. The normalized spacial score (nSPS) is 18.1. The summed E-state index contributed by atoms with van der Waals surface area (Å²) >= 11 is 4.86. The van der Waals surface area contributed by atoms with Gasteiger partial charge in [-0.1, -0.05) is 39.8 Å². The molecular formula is C19H17BrN4O2S. The lowest BCUT2D eigenvalue weighted by molar-refractivity contribution is -0.116. The highest BCUT2D eigenvalue weighted by Gasteiger charge is 2.34. The summed E-state index contributed by atoms with van der Waals surface area (Å²) in [7, 11) is 0. The van der Waals surface area contributed by atoms with E-state index in [9.17, 15) is 4.79 Å². The average molecular weight is 445 g/mol. The van der Waals surface area contributed by atoms with Gasteiger partial charge in [0.2, 0.25) is 0 Å². The first-order valence-electron chi connectivity index (χ1n) is 8.44. The zero-order chi connectivity index (χ0) is 19.0. The van der Waals surface area contributed by atoms with Crippen molar-refractivity contribution in [2.24, 2.45) is 10.1 Å². The molecule has 2 aromatic rings. The van der Waals surface area contributed by atoms with E-state index in [0.29, 0.717) is 17.5 Å². The Morgan fingerprint density at radius 1 is 1.26 bits per heavy atom. The predicted molar refractivity (Wildman–Crippen MR) is 110 cm³/mol. The second-order valence-corrected chi connectivity index (χ2v) is 7.63. The molecule has 138 valence electrons. The molecule has 6 nitrogen and oxygen atoms in total. The highest BCUT2D eigenvalue weighted by molar-refractivity contribution is 9.10. The van der Waals surface area contributed by atoms with Gasteiger partial charge in [0, 0.05) is 9.69 Å². The molecule has 2 heterocycles. The molecule has 0 unspecified atom stereocenters. The number of carbonyl (C=O) groups excluding carboxylic acids is 1. The maximum absolute atomic E-state index is 12.8. The van der Waals surface area contributed by atoms with E-state index < -0.39 is 6.17 Å². The smallest absolute Gasteiger partial charge is 0.276 e. The van der Waals surface area contributed by atoms with Crippen LogP contribution in [0.25, 0.3) is 5.70 Å². The molecule has 0 saturated carbocycles. The molecule has 2 aliphatic rings. The summed E-state index contributed by atoms with van der Waals surface area (Å²) in [6.07, 6.45) is 1.46. The van der Waals surface area contributed by atoms with Gasteiger partial charge in [-0.05, 0) is 49.1 Å². The fraction of sp³-hybridized carbons (Fsp3) is 0.211. The lowest BCUT2D eigenvalue weighted by Crippen LogP contribution is -2.50. The SMILES string of the molecule is CCOc1ccc([C@H]2N=c3ccc(Br)cc3=C3C(=O)NC(SC)=NN32)cc1. The topological polar surface area (TPSA) is 66.3 Å². The highest BCUT2D eigenvalue weighted by Crippen LogP contribution is 2.31. The number of hydrogen-bond donors (Lipinski definition) is 1. The first kappa shape index (κ1) is 18.1. The van der Waals surface area contributed by atoms with E-state index in [1.165, 1.54) is 11.8 Å². The Bertz CT molecular complexity index is 1050. The molecule has 0 aromatic heterocycles. The Kier molecular flexibility index (Phi) is 4.92. The molecule has 4 rings (SSSR count). The fourth-order valence-electron chi connectivity index (χ4n) is 3.06. The molecule has 1 N–H and O–H groups in total. The number of nitrogens with zero attached hydrogens (tertiary/aromatic N) is 3. The largest absolute Gasteiger partial charge is 0.494 e. The van der Waals surface area contributed by atoms with Crippen molar-refractivity contribution < 1.29 is 9.53 Å². The molecule has 0 aliphatic carbocycles. The Morgan fingerprint density at radius 2 is 2.04 bits per heavy atom. The first-order valence-corrected chi connectivity index (χ1v) is 10.5. The Morgan fingerprint density at radius 3 is 2.74 bits per heavy atom. The second-order valence-electron chi connectivity index (χ2n) is 5.92. The summed E-state index contributed by atoms with van der Waals surface area (Å²) in [5, 5.41) is 11.2. The number of hydrazone groups is 1. The average Bonchev–Trinajstić information content (AvgIpc) is 2.68. The lowest BCUT2D eigenvalue weighted by atomic mass is 10.1. The van der Waals surface area contributed by atoms with Gasteiger partial charge in [-0.3, -0.25) is 15.1 Å². The minimum atomic E-state index is -0.419. The standard InChI is InChI=1S/C19H17BrN4O2S/c1-3-26-13-7-4-11(5-8-13)17-21-15-9-6-12(20)10-14(15)16-18(25)22-19(27-2)23-24(16)17/h4-10,17H,3H2,1-2H3,(H,22,23,25)/t17-/m0/s1. The Labute approximate surface area is 169 Å². The molecule has 8 heteroatoms. The first-order chi connectivity index (χ1) is 13.1. The number of nitrogens with one attached hydrogen (secondary N) is 1. The van der Waals surface area contributed by atoms with Crippen LogP contribution >= 0.6 is 27.7 Å². The number of rotatable bonds is 3. The molecule has 0 radical (unpaired) electrons. The van der Waals surface area contributed by atoms with Gasteiger partial charge in [0.15, 0.2) is 11.3 Å². The number of halogens is 1. The predicted octanol–water partition coefficient (Wildman–Crippen LogP) is 2.35. The molecule has 2 aromatic carbocycles. The van der Waals surface area contributed by atoms with Crippen LogP contribution in [0.2, 0.25) is 0 Å². The molecule has 0 bridgehead atoms. The number of ether oxygens (including phenoxy) is 1. The van der Waals surface area contributed by atoms with Crippen LogP contribution < -0.4 is 20.6 Å². The third-order valence-corrected chi connectivity index (χ3v) is 5.32. The Balaban J connectivity index is 1.90. The number of amidine groups is 1. The zero-order valence-electron chi connectivity index (χ0n) is 14.8. The molecule has 1 atom stereocenters. The van der Waals surface area contributed by atoms with Crippen LogP contribution in [0, 0.1) is 0 Å². The van der Waals surface area contributed by atoms with Crippen molar-refractivity contribution in [1.29, 1.82) is 0 Å². The number of amides is 1. The van der Waals surface area contributed by atoms with Crippen molar-refractivity contribution in [1.82, 2.24) is 10.3 Å². The number of hydrogen-bond acceptors (Lipinski definition) is 6. The van der Waals surface area contributed by atoms with Crippen LogP contribution in [0.3, 0.4) is 0 Å². The van der Waals surface area contributed by atoms with E-state index >= 15 is 0 Å². The Hall–Kier alpha value is -2.32. The van der Waals surface area contributed by atoms with E-state index in [4.69, 9.17) is 9.73 Å². The molecule has 0 spiro atoms. The molecular weight excluding hydrogens is 428 g/mol. The number of fused-ring (bicyclic) bond motifs is 2. The molecule has 0 fully saturated rings. The van der Waals surface area contributed by atoms with Gasteiger partial charge in [-0.25, -0.2) is 5.01 Å². The molecule has 2 aliphatic heterocycles. The molecule has 0 saturated heterocycles. The maximum Gasteiger partial charge on any atom is 0.276 e. The third-order valence-electron chi connectivity index (χ3n) is 4.25. The van der Waals surface area contributed by atoms with Crippen LogP contribution in [-0.2, 0) is 4.79 Å². The van der Waals surface area contributed by atoms with Crippen LogP contribution in [-0.4, -0.2) is 28.9 Å². The van der Waals surface area contributed by atoms with Crippen LogP contribution in [0.1, 0.15) is 18.7 Å². The van der Waals surface area contributed by atoms with Crippen LogP contribution in [0.4, 0.5) is 0 Å². The van der Waals surface area contributed by atoms with E-state index in [0.717, 1.165) is 26.4 Å². The monoisotopic (exact) mass is 444 g/mol. The van der Waals surface area contributed by atoms with Gasteiger partial charge >= 0.3 is 0 Å². The summed E-state index contributed by atoms with van der Waals surface area (Å²) in [5.41, 5.74) is 1.43. The number of carbonyl (C=O) groups is 1. The van der Waals surface area contributed by atoms with Gasteiger partial charge < -0.3 is 4.74 Å².